The summed E-state index contributed by atoms with van der Waals surface area (Å²) in [7, 11) is 0. The van der Waals surface area contributed by atoms with Crippen LogP contribution in [0.1, 0.15) is 46.1 Å². The molecule has 0 aliphatic heterocycles. The van der Waals surface area contributed by atoms with E-state index in [1.165, 1.54) is 0 Å². The average Bonchev–Trinajstić information content (AvgIpc) is 2.94. The molecule has 0 saturated heterocycles. The standard InChI is InChI=1S/C14H18N2O3/c1-8-12(10(3)17)9(2)16-13(8)14(18)15-7-11-5-4-6-19-11/h4-6,10,16-17H,7H2,1-3H3,(H,15,18)/t10-/m1/s1. The molecule has 0 unspecified atom stereocenters. The Morgan fingerprint density at radius 1 is 1.53 bits per heavy atom. The van der Waals surface area contributed by atoms with E-state index >= 15 is 0 Å². The van der Waals surface area contributed by atoms with Crippen LogP contribution in [0.4, 0.5) is 0 Å². The van der Waals surface area contributed by atoms with E-state index in [1.54, 1.807) is 25.3 Å². The summed E-state index contributed by atoms with van der Waals surface area (Å²) in [5.74, 6) is 0.494. The Morgan fingerprint density at radius 3 is 2.79 bits per heavy atom. The van der Waals surface area contributed by atoms with Crippen molar-refractivity contribution < 1.29 is 14.3 Å². The van der Waals surface area contributed by atoms with Gasteiger partial charge in [0.05, 0.1) is 18.9 Å². The van der Waals surface area contributed by atoms with Crippen molar-refractivity contribution in [2.24, 2.45) is 0 Å². The van der Waals surface area contributed by atoms with E-state index in [4.69, 9.17) is 4.42 Å². The molecular weight excluding hydrogens is 244 g/mol. The van der Waals surface area contributed by atoms with Crippen molar-refractivity contribution in [1.82, 2.24) is 10.3 Å². The van der Waals surface area contributed by atoms with E-state index in [1.807, 2.05) is 13.8 Å². The van der Waals surface area contributed by atoms with Crippen LogP contribution in [0.3, 0.4) is 0 Å². The third-order valence-electron chi connectivity index (χ3n) is 3.14. The summed E-state index contributed by atoms with van der Waals surface area (Å²) >= 11 is 0. The van der Waals surface area contributed by atoms with Crippen LogP contribution in [0, 0.1) is 13.8 Å². The fraction of sp³-hybridized carbons (Fsp3) is 0.357. The van der Waals surface area contributed by atoms with Crippen LogP contribution in [-0.4, -0.2) is 16.0 Å². The maximum atomic E-state index is 12.1. The first kappa shape index (κ1) is 13.4. The van der Waals surface area contributed by atoms with Crippen molar-refractivity contribution in [2.75, 3.05) is 0 Å². The van der Waals surface area contributed by atoms with Gasteiger partial charge < -0.3 is 19.8 Å². The molecule has 0 saturated carbocycles. The monoisotopic (exact) mass is 262 g/mol. The summed E-state index contributed by atoms with van der Waals surface area (Å²) in [5.41, 5.74) is 2.86. The Labute approximate surface area is 111 Å². The highest BCUT2D eigenvalue weighted by Crippen LogP contribution is 2.24. The van der Waals surface area contributed by atoms with Crippen LogP contribution in [0.5, 0.6) is 0 Å². The van der Waals surface area contributed by atoms with Crippen LogP contribution in [-0.2, 0) is 6.54 Å². The summed E-state index contributed by atoms with van der Waals surface area (Å²) < 4.78 is 5.15. The first-order chi connectivity index (χ1) is 9.00. The van der Waals surface area contributed by atoms with E-state index in [2.05, 4.69) is 10.3 Å². The summed E-state index contributed by atoms with van der Waals surface area (Å²) in [6, 6.07) is 3.57. The lowest BCUT2D eigenvalue weighted by molar-refractivity contribution is 0.0943. The number of carbonyl (C=O) groups excluding carboxylic acids is 1. The molecule has 0 aromatic carbocycles. The predicted octanol–water partition coefficient (Wildman–Crippen LogP) is 2.21. The lowest BCUT2D eigenvalue weighted by Crippen LogP contribution is -2.23. The number of hydrogen-bond acceptors (Lipinski definition) is 3. The van der Waals surface area contributed by atoms with Crippen molar-refractivity contribution in [3.63, 3.8) is 0 Å². The summed E-state index contributed by atoms with van der Waals surface area (Å²) in [4.78, 5) is 15.1. The van der Waals surface area contributed by atoms with Gasteiger partial charge in [0.15, 0.2) is 0 Å². The molecule has 0 radical (unpaired) electrons. The predicted molar refractivity (Wildman–Crippen MR) is 70.8 cm³/mol. The number of carbonyl (C=O) groups is 1. The highest BCUT2D eigenvalue weighted by atomic mass is 16.3. The average molecular weight is 262 g/mol. The molecular formula is C14H18N2O3. The molecule has 0 aliphatic carbocycles. The number of amides is 1. The molecule has 1 amide bonds. The van der Waals surface area contributed by atoms with Gasteiger partial charge in [0, 0.05) is 11.3 Å². The lowest BCUT2D eigenvalue weighted by Gasteiger charge is -2.06. The molecule has 0 aliphatic rings. The van der Waals surface area contributed by atoms with Crippen molar-refractivity contribution >= 4 is 5.91 Å². The number of rotatable bonds is 4. The number of furan rings is 1. The van der Waals surface area contributed by atoms with Gasteiger partial charge in [0.25, 0.3) is 5.91 Å². The van der Waals surface area contributed by atoms with Crippen molar-refractivity contribution in [3.05, 3.63) is 46.7 Å². The zero-order valence-electron chi connectivity index (χ0n) is 11.3. The van der Waals surface area contributed by atoms with E-state index < -0.39 is 6.10 Å². The Morgan fingerprint density at radius 2 is 2.26 bits per heavy atom. The maximum absolute atomic E-state index is 12.1. The Hall–Kier alpha value is -2.01. The van der Waals surface area contributed by atoms with E-state index in [0.29, 0.717) is 18.0 Å². The first-order valence-electron chi connectivity index (χ1n) is 6.18. The van der Waals surface area contributed by atoms with Gasteiger partial charge in [-0.15, -0.1) is 0 Å². The Balaban J connectivity index is 2.13. The molecule has 2 aromatic heterocycles. The van der Waals surface area contributed by atoms with Crippen molar-refractivity contribution in [2.45, 2.75) is 33.4 Å². The second-order valence-corrected chi connectivity index (χ2v) is 4.60. The van der Waals surface area contributed by atoms with Crippen LogP contribution < -0.4 is 5.32 Å². The fourth-order valence-electron chi connectivity index (χ4n) is 2.29. The molecule has 0 spiro atoms. The van der Waals surface area contributed by atoms with Crippen LogP contribution >= 0.6 is 0 Å². The lowest BCUT2D eigenvalue weighted by atomic mass is 10.1. The number of aliphatic hydroxyl groups excluding tert-OH is 1. The molecule has 0 fully saturated rings. The van der Waals surface area contributed by atoms with Crippen LogP contribution in [0.2, 0.25) is 0 Å². The van der Waals surface area contributed by atoms with Gasteiger partial charge in [-0.05, 0) is 38.5 Å². The molecule has 19 heavy (non-hydrogen) atoms. The van der Waals surface area contributed by atoms with Gasteiger partial charge >= 0.3 is 0 Å². The van der Waals surface area contributed by atoms with Crippen molar-refractivity contribution in [1.29, 1.82) is 0 Å². The van der Waals surface area contributed by atoms with Crippen molar-refractivity contribution in [3.8, 4) is 0 Å². The molecule has 102 valence electrons. The molecule has 2 heterocycles. The third kappa shape index (κ3) is 2.71. The zero-order chi connectivity index (χ0) is 14.0. The van der Waals surface area contributed by atoms with Gasteiger partial charge in [-0.3, -0.25) is 4.79 Å². The minimum absolute atomic E-state index is 0.205. The fourth-order valence-corrected chi connectivity index (χ4v) is 2.29. The smallest absolute Gasteiger partial charge is 0.268 e. The van der Waals surface area contributed by atoms with Gasteiger partial charge in [0.2, 0.25) is 0 Å². The van der Waals surface area contributed by atoms with Crippen LogP contribution in [0.15, 0.2) is 22.8 Å². The van der Waals surface area contributed by atoms with Gasteiger partial charge in [0.1, 0.15) is 11.5 Å². The molecule has 5 heteroatoms. The number of aromatic amines is 1. The highest BCUT2D eigenvalue weighted by Gasteiger charge is 2.19. The molecule has 3 N–H and O–H groups in total. The number of aryl methyl sites for hydroxylation is 1. The number of nitrogens with one attached hydrogen (secondary N) is 2. The number of aromatic nitrogens is 1. The number of H-pyrrole nitrogens is 1. The minimum Gasteiger partial charge on any atom is -0.467 e. The molecule has 5 nitrogen and oxygen atoms in total. The third-order valence-corrected chi connectivity index (χ3v) is 3.14. The SMILES string of the molecule is Cc1[nH]c(C(=O)NCc2ccco2)c(C)c1[C@@H](C)O. The summed E-state index contributed by atoms with van der Waals surface area (Å²) in [5, 5.41) is 12.5. The topological polar surface area (TPSA) is 78.3 Å². The summed E-state index contributed by atoms with van der Waals surface area (Å²) in [6.45, 7) is 5.70. The molecule has 1 atom stereocenters. The largest absolute Gasteiger partial charge is 0.467 e. The minimum atomic E-state index is -0.595. The molecule has 2 rings (SSSR count). The first-order valence-corrected chi connectivity index (χ1v) is 6.18. The summed E-state index contributed by atoms with van der Waals surface area (Å²) in [6.07, 6.45) is 0.972. The Bertz CT molecular complexity index is 568. The highest BCUT2D eigenvalue weighted by molar-refractivity contribution is 5.94. The van der Waals surface area contributed by atoms with E-state index in [-0.39, 0.29) is 5.91 Å². The molecule has 0 bridgehead atoms. The van der Waals surface area contributed by atoms with E-state index in [0.717, 1.165) is 16.8 Å². The number of hydrogen-bond donors (Lipinski definition) is 3. The maximum Gasteiger partial charge on any atom is 0.268 e. The quantitative estimate of drug-likeness (QED) is 0.790. The molecule has 2 aromatic rings. The van der Waals surface area contributed by atoms with Crippen LogP contribution in [0.25, 0.3) is 0 Å². The van der Waals surface area contributed by atoms with Gasteiger partial charge in [-0.1, -0.05) is 0 Å². The second kappa shape index (κ2) is 5.32. The van der Waals surface area contributed by atoms with E-state index in [9.17, 15) is 9.90 Å². The normalized spacial score (nSPS) is 12.4. The zero-order valence-corrected chi connectivity index (χ0v) is 11.3. The van der Waals surface area contributed by atoms with Gasteiger partial charge in [-0.2, -0.15) is 0 Å². The number of aliphatic hydroxyl groups is 1. The Kier molecular flexibility index (Phi) is 3.76. The second-order valence-electron chi connectivity index (χ2n) is 4.60. The van der Waals surface area contributed by atoms with Gasteiger partial charge in [-0.25, -0.2) is 0 Å².